The number of nitrogens with zero attached hydrogens (tertiary/aromatic N) is 2. The third-order valence-corrected chi connectivity index (χ3v) is 3.78. The summed E-state index contributed by atoms with van der Waals surface area (Å²) >= 11 is 5.75. The normalized spacial score (nSPS) is 11.5. The van der Waals surface area contributed by atoms with Crippen LogP contribution in [0.3, 0.4) is 0 Å². The molecule has 0 radical (unpaired) electrons. The maximum atomic E-state index is 11.7. The molecule has 1 rings (SSSR count). The molecule has 0 aliphatic heterocycles. The van der Waals surface area contributed by atoms with Crippen molar-refractivity contribution in [2.45, 2.75) is 11.9 Å². The van der Waals surface area contributed by atoms with Gasteiger partial charge in [-0.15, -0.1) is 0 Å². The van der Waals surface area contributed by atoms with Crippen molar-refractivity contribution in [2.24, 2.45) is 7.05 Å². The largest absolute Gasteiger partial charge is 0.355 e. The van der Waals surface area contributed by atoms with Gasteiger partial charge in [0.05, 0.1) is 12.9 Å². The molecule has 2 N–H and O–H groups in total. The van der Waals surface area contributed by atoms with E-state index in [2.05, 4.69) is 15.0 Å². The summed E-state index contributed by atoms with van der Waals surface area (Å²) < 4.78 is 26.9. The average Bonchev–Trinajstić information content (AvgIpc) is 2.58. The van der Waals surface area contributed by atoms with Crippen molar-refractivity contribution < 1.29 is 13.2 Å². The predicted octanol–water partition coefficient (Wildman–Crippen LogP) is -0.512. The number of amides is 1. The second kappa shape index (κ2) is 5.48. The number of imidazole rings is 1. The summed E-state index contributed by atoms with van der Waals surface area (Å²) in [6.45, 7) is 1.83. The highest BCUT2D eigenvalue weighted by Crippen LogP contribution is 2.17. The molecule has 0 aliphatic carbocycles. The second-order valence-electron chi connectivity index (χ2n) is 3.23. The van der Waals surface area contributed by atoms with Crippen LogP contribution in [-0.2, 0) is 21.9 Å². The molecule has 7 nitrogen and oxygen atoms in total. The quantitative estimate of drug-likeness (QED) is 0.760. The fraction of sp³-hybridized carbons (Fsp3) is 0.500. The van der Waals surface area contributed by atoms with E-state index in [-0.39, 0.29) is 16.7 Å². The minimum Gasteiger partial charge on any atom is -0.355 e. The standard InChI is InChI=1S/C8H13ClN4O3S/c1-3-10-6(14)4-12-17(15,16)8-7(9)13(2)5-11-8/h5,12H,3-4H2,1-2H3,(H,10,14). The van der Waals surface area contributed by atoms with E-state index < -0.39 is 15.9 Å². The lowest BCUT2D eigenvalue weighted by Gasteiger charge is -2.05. The molecule has 1 heterocycles. The minimum absolute atomic E-state index is 0.00611. The van der Waals surface area contributed by atoms with Crippen LogP contribution < -0.4 is 10.0 Å². The second-order valence-corrected chi connectivity index (χ2v) is 5.27. The number of aromatic nitrogens is 2. The SMILES string of the molecule is CCNC(=O)CNS(=O)(=O)c1ncn(C)c1Cl. The van der Waals surface area contributed by atoms with Crippen LogP contribution in [0.25, 0.3) is 0 Å². The Hall–Kier alpha value is -1.12. The van der Waals surface area contributed by atoms with E-state index in [0.29, 0.717) is 6.54 Å². The van der Waals surface area contributed by atoms with E-state index in [1.807, 2.05) is 0 Å². The molecule has 96 valence electrons. The van der Waals surface area contributed by atoms with E-state index in [9.17, 15) is 13.2 Å². The zero-order valence-electron chi connectivity index (χ0n) is 9.40. The van der Waals surface area contributed by atoms with Crippen LogP contribution in [0.5, 0.6) is 0 Å². The third kappa shape index (κ3) is 3.42. The van der Waals surface area contributed by atoms with Gasteiger partial charge in [-0.25, -0.2) is 18.1 Å². The smallest absolute Gasteiger partial charge is 0.261 e. The van der Waals surface area contributed by atoms with Gasteiger partial charge in [-0.3, -0.25) is 4.79 Å². The predicted molar refractivity (Wildman–Crippen MR) is 62.1 cm³/mol. The first kappa shape index (κ1) is 13.9. The van der Waals surface area contributed by atoms with Gasteiger partial charge in [-0.2, -0.15) is 0 Å². The fourth-order valence-corrected chi connectivity index (χ4v) is 2.47. The molecule has 1 aromatic rings. The molecule has 0 spiro atoms. The van der Waals surface area contributed by atoms with Crippen molar-refractivity contribution in [1.82, 2.24) is 19.6 Å². The maximum absolute atomic E-state index is 11.7. The summed E-state index contributed by atoms with van der Waals surface area (Å²) in [4.78, 5) is 14.8. The van der Waals surface area contributed by atoms with Gasteiger partial charge in [0.15, 0.2) is 0 Å². The summed E-state index contributed by atoms with van der Waals surface area (Å²) in [5.74, 6) is -0.414. The molecule has 9 heteroatoms. The van der Waals surface area contributed by atoms with E-state index in [1.165, 1.54) is 10.9 Å². The Bertz CT molecular complexity index is 511. The van der Waals surface area contributed by atoms with Crippen molar-refractivity contribution in [1.29, 1.82) is 0 Å². The average molecular weight is 281 g/mol. The van der Waals surface area contributed by atoms with E-state index in [0.717, 1.165) is 0 Å². The Kier molecular flexibility index (Phi) is 4.49. The molecule has 0 bridgehead atoms. The van der Waals surface area contributed by atoms with Crippen LogP contribution in [-0.4, -0.2) is 37.0 Å². The highest BCUT2D eigenvalue weighted by Gasteiger charge is 2.22. The van der Waals surface area contributed by atoms with Crippen molar-refractivity contribution in [3.8, 4) is 0 Å². The summed E-state index contributed by atoms with van der Waals surface area (Å²) in [7, 11) is -2.29. The van der Waals surface area contributed by atoms with Crippen molar-refractivity contribution in [3.05, 3.63) is 11.5 Å². The molecule has 1 aromatic heterocycles. The van der Waals surface area contributed by atoms with Crippen LogP contribution in [0.1, 0.15) is 6.92 Å². The van der Waals surface area contributed by atoms with Crippen LogP contribution in [0.15, 0.2) is 11.4 Å². The molecule has 0 saturated carbocycles. The molecular formula is C8H13ClN4O3S. The van der Waals surface area contributed by atoms with Crippen molar-refractivity contribution >= 4 is 27.5 Å². The molecule has 0 atom stereocenters. The highest BCUT2D eigenvalue weighted by molar-refractivity contribution is 7.89. The number of hydrogen-bond donors (Lipinski definition) is 2. The van der Waals surface area contributed by atoms with Crippen LogP contribution in [0, 0.1) is 0 Å². The summed E-state index contributed by atoms with van der Waals surface area (Å²) in [6, 6.07) is 0. The van der Waals surface area contributed by atoms with Gasteiger partial charge >= 0.3 is 0 Å². The van der Waals surface area contributed by atoms with Crippen LogP contribution in [0.4, 0.5) is 0 Å². The third-order valence-electron chi connectivity index (χ3n) is 1.89. The molecule has 17 heavy (non-hydrogen) atoms. The molecule has 1 amide bonds. The first-order chi connectivity index (χ1) is 7.88. The number of likely N-dealkylation sites (N-methyl/N-ethyl adjacent to an activating group) is 1. The first-order valence-electron chi connectivity index (χ1n) is 4.81. The maximum Gasteiger partial charge on any atom is 0.261 e. The number of sulfonamides is 1. The number of rotatable bonds is 5. The van der Waals surface area contributed by atoms with E-state index >= 15 is 0 Å². The summed E-state index contributed by atoms with van der Waals surface area (Å²) in [5.41, 5.74) is 0. The molecule has 0 aliphatic rings. The molecule has 0 fully saturated rings. The van der Waals surface area contributed by atoms with Gasteiger partial charge in [0, 0.05) is 13.6 Å². The Labute approximate surface area is 104 Å². The lowest BCUT2D eigenvalue weighted by molar-refractivity contribution is -0.119. The lowest BCUT2D eigenvalue weighted by atomic mass is 10.6. The number of halogens is 1. The number of nitrogens with one attached hydrogen (secondary N) is 2. The Morgan fingerprint density at radius 3 is 2.71 bits per heavy atom. The van der Waals surface area contributed by atoms with Crippen LogP contribution in [0.2, 0.25) is 5.15 Å². The summed E-state index contributed by atoms with van der Waals surface area (Å²) in [6.07, 6.45) is 1.28. The summed E-state index contributed by atoms with van der Waals surface area (Å²) in [5, 5.41) is 2.17. The van der Waals surface area contributed by atoms with Crippen molar-refractivity contribution in [3.63, 3.8) is 0 Å². The Morgan fingerprint density at radius 1 is 1.59 bits per heavy atom. The van der Waals surface area contributed by atoms with Crippen molar-refractivity contribution in [2.75, 3.05) is 13.1 Å². The van der Waals surface area contributed by atoms with Gasteiger partial charge in [0.1, 0.15) is 5.15 Å². The number of hydrogen-bond acceptors (Lipinski definition) is 4. The first-order valence-corrected chi connectivity index (χ1v) is 6.67. The van der Waals surface area contributed by atoms with Gasteiger partial charge in [-0.05, 0) is 6.92 Å². The monoisotopic (exact) mass is 280 g/mol. The van der Waals surface area contributed by atoms with Crippen LogP contribution >= 0.6 is 11.6 Å². The van der Waals surface area contributed by atoms with Gasteiger partial charge in [0.2, 0.25) is 10.9 Å². The number of carbonyl (C=O) groups excluding carboxylic acids is 1. The van der Waals surface area contributed by atoms with E-state index in [1.54, 1.807) is 14.0 Å². The zero-order chi connectivity index (χ0) is 13.1. The topological polar surface area (TPSA) is 93.1 Å². The van der Waals surface area contributed by atoms with E-state index in [4.69, 9.17) is 11.6 Å². The molecular weight excluding hydrogens is 268 g/mol. The minimum atomic E-state index is -3.86. The zero-order valence-corrected chi connectivity index (χ0v) is 11.0. The van der Waals surface area contributed by atoms with Gasteiger partial charge in [0.25, 0.3) is 10.0 Å². The Balaban J connectivity index is 2.76. The molecule has 0 aromatic carbocycles. The number of aryl methyl sites for hydroxylation is 1. The lowest BCUT2D eigenvalue weighted by Crippen LogP contribution is -2.36. The highest BCUT2D eigenvalue weighted by atomic mass is 35.5. The molecule has 0 unspecified atom stereocenters. The Morgan fingerprint density at radius 2 is 2.24 bits per heavy atom. The number of carbonyl (C=O) groups is 1. The fourth-order valence-electron chi connectivity index (χ4n) is 1.06. The molecule has 0 saturated heterocycles. The van der Waals surface area contributed by atoms with Gasteiger partial charge < -0.3 is 9.88 Å². The van der Waals surface area contributed by atoms with Gasteiger partial charge in [-0.1, -0.05) is 11.6 Å².